The second-order valence-electron chi connectivity index (χ2n) is 17.6. The van der Waals surface area contributed by atoms with E-state index >= 15 is 0 Å². The molecule has 0 aliphatic carbocycles. The second-order valence-corrected chi connectivity index (χ2v) is 17.6. The summed E-state index contributed by atoms with van der Waals surface area (Å²) in [4.78, 5) is 91.7. The zero-order chi connectivity index (χ0) is 43.4. The molecule has 0 spiro atoms. The Morgan fingerprint density at radius 2 is 1.29 bits per heavy atom. The van der Waals surface area contributed by atoms with Crippen LogP contribution in [0, 0.1) is 0 Å². The number of carbonyl (C=O) groups is 6. The van der Waals surface area contributed by atoms with Crippen LogP contribution in [0.5, 0.6) is 5.75 Å². The number of rotatable bonds is 10. The van der Waals surface area contributed by atoms with Crippen LogP contribution < -0.4 is 10.1 Å². The monoisotopic (exact) mass is 809 g/mol. The van der Waals surface area contributed by atoms with Gasteiger partial charge in [0.15, 0.2) is 0 Å². The lowest BCUT2D eigenvalue weighted by atomic mass is 10.1. The lowest BCUT2D eigenvalue weighted by Gasteiger charge is -2.31. The fourth-order valence-electron chi connectivity index (χ4n) is 5.40. The predicted octanol–water partition coefficient (Wildman–Crippen LogP) is 6.41. The summed E-state index contributed by atoms with van der Waals surface area (Å²) in [5.41, 5.74) is -2.54. The van der Waals surface area contributed by atoms with Crippen LogP contribution in [0.25, 0.3) is 0 Å². The van der Waals surface area contributed by atoms with E-state index in [1.807, 2.05) is 0 Å². The van der Waals surface area contributed by atoms with Gasteiger partial charge in [-0.3, -0.25) is 9.59 Å². The van der Waals surface area contributed by atoms with Gasteiger partial charge in [0, 0.05) is 13.1 Å². The molecule has 1 unspecified atom stereocenters. The van der Waals surface area contributed by atoms with Gasteiger partial charge in [-0.05, 0) is 113 Å². The number of hydroxylamine groups is 2. The van der Waals surface area contributed by atoms with Crippen LogP contribution in [-0.2, 0) is 28.6 Å². The van der Waals surface area contributed by atoms with Crippen molar-refractivity contribution in [2.24, 2.45) is 4.99 Å². The first-order chi connectivity index (χ1) is 26.7. The average Bonchev–Trinajstić information content (AvgIpc) is 3.61. The molecule has 2 aliphatic heterocycles. The number of fused-ring (bicyclic) bond motifs is 1. The summed E-state index contributed by atoms with van der Waals surface area (Å²) in [6.45, 7) is 19.8. The smallest absolute Gasteiger partial charge is 0.417 e. The van der Waals surface area contributed by atoms with E-state index in [9.17, 15) is 28.8 Å². The number of hydrogen-bond acceptors (Lipinski definition) is 13. The van der Waals surface area contributed by atoms with E-state index < -0.39 is 77.2 Å². The number of alkyl carbamates (subject to hydrolysis) is 1. The first-order valence-corrected chi connectivity index (χ1v) is 18.9. The Morgan fingerprint density at radius 3 is 1.81 bits per heavy atom. The first kappa shape index (κ1) is 45.0. The largest absolute Gasteiger partial charge is 0.490 e. The topological polar surface area (TPSA) is 192 Å². The van der Waals surface area contributed by atoms with Crippen molar-refractivity contribution in [3.05, 3.63) is 65.2 Å². The third-order valence-electron chi connectivity index (χ3n) is 7.67. The Bertz CT molecular complexity index is 1870. The molecule has 0 saturated carbocycles. The van der Waals surface area contributed by atoms with E-state index in [1.165, 1.54) is 17.0 Å². The van der Waals surface area contributed by atoms with E-state index in [1.54, 1.807) is 119 Å². The molecule has 2 aromatic carbocycles. The maximum Gasteiger partial charge on any atom is 0.417 e. The Labute approximate surface area is 338 Å². The molecule has 0 aromatic heterocycles. The van der Waals surface area contributed by atoms with Gasteiger partial charge in [0.25, 0.3) is 11.8 Å². The van der Waals surface area contributed by atoms with Crippen LogP contribution in [0.3, 0.4) is 0 Å². The van der Waals surface area contributed by atoms with Gasteiger partial charge in [-0.15, -0.1) is 5.06 Å². The number of esters is 1. The van der Waals surface area contributed by atoms with Crippen molar-refractivity contribution in [2.45, 2.75) is 118 Å². The van der Waals surface area contributed by atoms with E-state index in [-0.39, 0.29) is 42.5 Å². The minimum atomic E-state index is -1.51. The SMILES string of the molecule is CC(C)(C)OC(=O)NCCN(C(=O)OC(C)(C)C)C1=N[C@@H](c2ccc(OCC(ON3C(=O)c4ccccc4C3=O)C(=O)OC(C)(C)C)cc2)CN1C(=O)OC(C)(C)C. The molecule has 17 nitrogen and oxygen atoms in total. The molecule has 316 valence electrons. The van der Waals surface area contributed by atoms with Crippen molar-refractivity contribution in [1.82, 2.24) is 20.2 Å². The Kier molecular flexibility index (Phi) is 13.5. The zero-order valence-electron chi connectivity index (χ0n) is 35.3. The Morgan fingerprint density at radius 1 is 0.759 bits per heavy atom. The third kappa shape index (κ3) is 12.6. The standard InChI is InChI=1S/C41H55N5O12/c1-38(2,3)54-33(49)30(58-46-31(47)27-15-13-14-16-28(27)32(46)48)24-53-26-19-17-25(18-20-26)29-23-45(37(52)57-41(10,11)12)34(43-29)44(36(51)56-40(7,8)9)22-21-42-35(50)55-39(4,5)6/h13-20,29-30H,21-24H2,1-12H3,(H,42,50)/t29-,30?/m1/s1. The van der Waals surface area contributed by atoms with E-state index in [4.69, 9.17) is 33.5 Å². The van der Waals surface area contributed by atoms with Gasteiger partial charge in [-0.25, -0.2) is 38.8 Å². The number of nitrogens with one attached hydrogen (secondary N) is 1. The number of amides is 5. The molecule has 2 aromatic rings. The average molecular weight is 810 g/mol. The Balaban J connectivity index is 1.57. The van der Waals surface area contributed by atoms with E-state index in [2.05, 4.69) is 5.32 Å². The minimum absolute atomic E-state index is 0.0158. The maximum atomic E-state index is 13.6. The summed E-state index contributed by atoms with van der Waals surface area (Å²) in [5.74, 6) is -2.06. The number of carbonyl (C=O) groups excluding carboxylic acids is 6. The number of benzene rings is 2. The van der Waals surface area contributed by atoms with Gasteiger partial charge >= 0.3 is 24.2 Å². The van der Waals surface area contributed by atoms with Crippen molar-refractivity contribution in [1.29, 1.82) is 0 Å². The molecule has 2 heterocycles. The van der Waals surface area contributed by atoms with Gasteiger partial charge in [0.1, 0.15) is 34.8 Å². The van der Waals surface area contributed by atoms with Crippen molar-refractivity contribution in [3.63, 3.8) is 0 Å². The summed E-state index contributed by atoms with van der Waals surface area (Å²) >= 11 is 0. The van der Waals surface area contributed by atoms with Crippen molar-refractivity contribution in [2.75, 3.05) is 26.2 Å². The van der Waals surface area contributed by atoms with Crippen LogP contribution in [0.4, 0.5) is 14.4 Å². The lowest BCUT2D eigenvalue weighted by Crippen LogP contribution is -2.52. The summed E-state index contributed by atoms with van der Waals surface area (Å²) in [6.07, 6.45) is -3.76. The van der Waals surface area contributed by atoms with Gasteiger partial charge < -0.3 is 29.0 Å². The second kappa shape index (κ2) is 17.4. The van der Waals surface area contributed by atoms with Gasteiger partial charge in [-0.2, -0.15) is 0 Å². The molecule has 0 radical (unpaired) electrons. The van der Waals surface area contributed by atoms with Crippen LogP contribution in [0.1, 0.15) is 115 Å². The Hall–Kier alpha value is -5.71. The van der Waals surface area contributed by atoms with Crippen molar-refractivity contribution < 1.29 is 57.3 Å². The molecule has 2 aliphatic rings. The van der Waals surface area contributed by atoms with Crippen LogP contribution in [0.2, 0.25) is 0 Å². The van der Waals surface area contributed by atoms with Crippen LogP contribution in [-0.4, -0.2) is 112 Å². The molecule has 0 saturated heterocycles. The summed E-state index contributed by atoms with van der Waals surface area (Å²) in [5, 5.41) is 3.15. The number of guanidine groups is 1. The maximum absolute atomic E-state index is 13.6. The molecule has 4 rings (SSSR count). The highest BCUT2D eigenvalue weighted by Gasteiger charge is 2.42. The highest BCUT2D eigenvalue weighted by molar-refractivity contribution is 6.20. The molecule has 5 amide bonds. The molecule has 58 heavy (non-hydrogen) atoms. The molecule has 1 N–H and O–H groups in total. The number of hydrogen-bond donors (Lipinski definition) is 1. The van der Waals surface area contributed by atoms with E-state index in [0.717, 1.165) is 4.90 Å². The predicted molar refractivity (Wildman–Crippen MR) is 210 cm³/mol. The molecule has 0 fully saturated rings. The zero-order valence-corrected chi connectivity index (χ0v) is 35.3. The van der Waals surface area contributed by atoms with Crippen molar-refractivity contribution in [3.8, 4) is 5.75 Å². The van der Waals surface area contributed by atoms with Gasteiger partial charge in [0.2, 0.25) is 12.1 Å². The summed E-state index contributed by atoms with van der Waals surface area (Å²) in [6, 6.07) is 12.1. The van der Waals surface area contributed by atoms with Gasteiger partial charge in [0.05, 0.1) is 23.7 Å². The lowest BCUT2D eigenvalue weighted by molar-refractivity contribution is -0.193. The fraction of sp³-hybridized carbons (Fsp3) is 0.537. The van der Waals surface area contributed by atoms with Gasteiger partial charge in [-0.1, -0.05) is 24.3 Å². The number of aliphatic imine (C=N–C) groups is 1. The number of nitrogens with zero attached hydrogens (tertiary/aromatic N) is 4. The van der Waals surface area contributed by atoms with Crippen molar-refractivity contribution >= 4 is 42.0 Å². The quantitative estimate of drug-likeness (QED) is 0.158. The molecule has 2 atom stereocenters. The highest BCUT2D eigenvalue weighted by Crippen LogP contribution is 2.30. The summed E-state index contributed by atoms with van der Waals surface area (Å²) < 4.78 is 28.1. The van der Waals surface area contributed by atoms with Crippen LogP contribution >= 0.6 is 0 Å². The molecule has 17 heteroatoms. The molecule has 0 bridgehead atoms. The number of ether oxygens (including phenoxy) is 5. The summed E-state index contributed by atoms with van der Waals surface area (Å²) in [7, 11) is 0. The highest BCUT2D eigenvalue weighted by atomic mass is 16.7. The van der Waals surface area contributed by atoms with Crippen LogP contribution in [0.15, 0.2) is 53.5 Å². The fourth-order valence-corrected chi connectivity index (χ4v) is 5.40. The first-order valence-electron chi connectivity index (χ1n) is 18.9. The minimum Gasteiger partial charge on any atom is -0.490 e. The normalized spacial score (nSPS) is 16.3. The molecular formula is C41H55N5O12. The third-order valence-corrected chi connectivity index (χ3v) is 7.67. The molecular weight excluding hydrogens is 754 g/mol. The van der Waals surface area contributed by atoms with E-state index in [0.29, 0.717) is 10.6 Å². The number of imide groups is 1.